The molecule has 0 saturated carbocycles. The average Bonchev–Trinajstić information content (AvgIpc) is 3.16. The Morgan fingerprint density at radius 2 is 1.86 bits per heavy atom. The Morgan fingerprint density at radius 1 is 1.14 bits per heavy atom. The second kappa shape index (κ2) is 6.99. The fourth-order valence-corrected chi connectivity index (χ4v) is 1.87. The highest BCUT2D eigenvalue weighted by Crippen LogP contribution is 2.25. The minimum Gasteiger partial charge on any atom is -0.445 e. The van der Waals surface area contributed by atoms with Gasteiger partial charge in [-0.2, -0.15) is 0 Å². The summed E-state index contributed by atoms with van der Waals surface area (Å²) in [6.07, 6.45) is -3.05. The van der Waals surface area contributed by atoms with Crippen LogP contribution in [0.25, 0.3) is 0 Å². The van der Waals surface area contributed by atoms with Crippen LogP contribution in [0.5, 0.6) is 0 Å². The molecular weight excluding hydrogens is 296 g/mol. The SMILES string of the molecule is CC(O)C(O)C(O)CC(O)c1coc(C(O)c2cnco2)n1. The van der Waals surface area contributed by atoms with Crippen LogP contribution >= 0.6 is 0 Å². The summed E-state index contributed by atoms with van der Waals surface area (Å²) in [4.78, 5) is 7.57. The monoisotopic (exact) mass is 314 g/mol. The second-order valence-electron chi connectivity index (χ2n) is 4.97. The Morgan fingerprint density at radius 3 is 2.45 bits per heavy atom. The van der Waals surface area contributed by atoms with Crippen molar-refractivity contribution in [2.24, 2.45) is 0 Å². The molecule has 0 saturated heterocycles. The van der Waals surface area contributed by atoms with Gasteiger partial charge in [-0.3, -0.25) is 0 Å². The van der Waals surface area contributed by atoms with Crippen LogP contribution < -0.4 is 0 Å². The van der Waals surface area contributed by atoms with Gasteiger partial charge in [0.25, 0.3) is 0 Å². The largest absolute Gasteiger partial charge is 0.445 e. The number of nitrogens with zero attached hydrogens (tertiary/aromatic N) is 2. The van der Waals surface area contributed by atoms with Crippen molar-refractivity contribution < 1.29 is 34.4 Å². The van der Waals surface area contributed by atoms with Crippen LogP contribution in [-0.2, 0) is 0 Å². The lowest BCUT2D eigenvalue weighted by Crippen LogP contribution is -2.36. The van der Waals surface area contributed by atoms with E-state index in [0.717, 1.165) is 12.7 Å². The number of rotatable bonds is 7. The molecule has 0 radical (unpaired) electrons. The average molecular weight is 314 g/mol. The predicted octanol–water partition coefficient (Wildman–Crippen LogP) is -0.730. The van der Waals surface area contributed by atoms with Crippen molar-refractivity contribution in [3.05, 3.63) is 36.2 Å². The summed E-state index contributed by atoms with van der Waals surface area (Å²) in [5, 5.41) is 48.2. The Bertz CT molecular complexity index is 569. The van der Waals surface area contributed by atoms with Crippen molar-refractivity contribution in [1.29, 1.82) is 0 Å². The van der Waals surface area contributed by atoms with E-state index in [0.29, 0.717) is 0 Å². The molecule has 2 aromatic rings. The summed E-state index contributed by atoms with van der Waals surface area (Å²) in [6.45, 7) is 1.32. The topological polar surface area (TPSA) is 153 Å². The lowest BCUT2D eigenvalue weighted by atomic mass is 10.0. The van der Waals surface area contributed by atoms with E-state index < -0.39 is 30.5 Å². The standard InChI is InChI=1S/C13H18N2O7/c1-6(16)11(19)9(18)2-8(17)7-4-21-13(15-7)12(20)10-3-14-5-22-10/h3-6,8-9,11-12,16-20H,2H2,1H3. The van der Waals surface area contributed by atoms with Gasteiger partial charge in [0.05, 0.1) is 18.4 Å². The minimum atomic E-state index is -1.39. The lowest BCUT2D eigenvalue weighted by Gasteiger charge is -2.21. The molecule has 0 aliphatic heterocycles. The first-order chi connectivity index (χ1) is 10.4. The summed E-state index contributed by atoms with van der Waals surface area (Å²) in [7, 11) is 0. The number of hydrogen-bond acceptors (Lipinski definition) is 9. The van der Waals surface area contributed by atoms with Crippen LogP contribution in [0.1, 0.15) is 42.9 Å². The third kappa shape index (κ3) is 3.70. The van der Waals surface area contributed by atoms with Crippen molar-refractivity contribution in [1.82, 2.24) is 9.97 Å². The quantitative estimate of drug-likeness (QED) is 0.445. The van der Waals surface area contributed by atoms with E-state index in [1.54, 1.807) is 0 Å². The van der Waals surface area contributed by atoms with Crippen molar-refractivity contribution in [2.45, 2.75) is 43.9 Å². The van der Waals surface area contributed by atoms with Crippen LogP contribution in [0.15, 0.2) is 27.7 Å². The third-order valence-electron chi connectivity index (χ3n) is 3.19. The van der Waals surface area contributed by atoms with Crippen LogP contribution in [-0.4, -0.2) is 53.8 Å². The van der Waals surface area contributed by atoms with Crippen LogP contribution in [0.2, 0.25) is 0 Å². The highest BCUT2D eigenvalue weighted by Gasteiger charge is 2.27. The van der Waals surface area contributed by atoms with Gasteiger partial charge in [0.1, 0.15) is 24.2 Å². The summed E-state index contributed by atoms with van der Waals surface area (Å²) in [5.41, 5.74) is 0.0745. The molecule has 9 heteroatoms. The molecule has 0 aliphatic carbocycles. The first-order valence-electron chi connectivity index (χ1n) is 6.64. The summed E-state index contributed by atoms with van der Waals surface area (Å²) < 4.78 is 9.98. The van der Waals surface area contributed by atoms with E-state index in [1.165, 1.54) is 13.1 Å². The van der Waals surface area contributed by atoms with Gasteiger partial charge in [-0.15, -0.1) is 0 Å². The van der Waals surface area contributed by atoms with Gasteiger partial charge in [-0.25, -0.2) is 9.97 Å². The normalized spacial score (nSPS) is 18.6. The van der Waals surface area contributed by atoms with E-state index in [1.807, 2.05) is 0 Å². The molecule has 0 fully saturated rings. The predicted molar refractivity (Wildman–Crippen MR) is 70.3 cm³/mol. The zero-order chi connectivity index (χ0) is 16.3. The first kappa shape index (κ1) is 16.6. The number of aromatic nitrogens is 2. The van der Waals surface area contributed by atoms with Crippen molar-refractivity contribution in [2.75, 3.05) is 0 Å². The van der Waals surface area contributed by atoms with E-state index in [-0.39, 0.29) is 23.8 Å². The molecule has 5 atom stereocenters. The number of aliphatic hydroxyl groups is 5. The molecule has 0 spiro atoms. The van der Waals surface area contributed by atoms with Crippen LogP contribution in [0.4, 0.5) is 0 Å². The van der Waals surface area contributed by atoms with Crippen LogP contribution in [0.3, 0.4) is 0 Å². The van der Waals surface area contributed by atoms with Gasteiger partial charge in [-0.05, 0) is 6.92 Å². The Hall–Kier alpha value is -1.78. The van der Waals surface area contributed by atoms with Gasteiger partial charge in [0, 0.05) is 6.42 Å². The Labute approximate surface area is 125 Å². The second-order valence-corrected chi connectivity index (χ2v) is 4.97. The fraction of sp³-hybridized carbons (Fsp3) is 0.538. The van der Waals surface area contributed by atoms with E-state index in [9.17, 15) is 25.5 Å². The molecule has 2 rings (SSSR count). The number of hydrogen-bond donors (Lipinski definition) is 5. The molecule has 2 heterocycles. The van der Waals surface area contributed by atoms with Gasteiger partial charge in [0.15, 0.2) is 18.3 Å². The first-order valence-corrected chi connectivity index (χ1v) is 6.64. The molecule has 122 valence electrons. The highest BCUT2D eigenvalue weighted by atomic mass is 16.4. The summed E-state index contributed by atoms with van der Waals surface area (Å²) >= 11 is 0. The summed E-state index contributed by atoms with van der Waals surface area (Å²) in [6, 6.07) is 0. The van der Waals surface area contributed by atoms with E-state index in [4.69, 9.17) is 8.83 Å². The van der Waals surface area contributed by atoms with Crippen molar-refractivity contribution in [3.63, 3.8) is 0 Å². The summed E-state index contributed by atoms with van der Waals surface area (Å²) in [5.74, 6) is 0.0313. The van der Waals surface area contributed by atoms with Crippen molar-refractivity contribution in [3.8, 4) is 0 Å². The molecular formula is C13H18N2O7. The zero-order valence-corrected chi connectivity index (χ0v) is 11.8. The highest BCUT2D eigenvalue weighted by molar-refractivity contribution is 5.09. The number of aliphatic hydroxyl groups excluding tert-OH is 5. The maximum Gasteiger partial charge on any atom is 0.231 e. The zero-order valence-electron chi connectivity index (χ0n) is 11.8. The Balaban J connectivity index is 2.01. The van der Waals surface area contributed by atoms with Gasteiger partial charge in [-0.1, -0.05) is 0 Å². The third-order valence-corrected chi connectivity index (χ3v) is 3.19. The lowest BCUT2D eigenvalue weighted by molar-refractivity contribution is -0.0679. The maximum absolute atomic E-state index is 9.95. The molecule has 2 aromatic heterocycles. The molecule has 5 N–H and O–H groups in total. The molecule has 9 nitrogen and oxygen atoms in total. The molecule has 0 amide bonds. The van der Waals surface area contributed by atoms with E-state index in [2.05, 4.69) is 9.97 Å². The Kier molecular flexibility index (Phi) is 5.27. The molecule has 0 aliphatic rings. The molecule has 5 unspecified atom stereocenters. The van der Waals surface area contributed by atoms with Gasteiger partial charge >= 0.3 is 0 Å². The van der Waals surface area contributed by atoms with E-state index >= 15 is 0 Å². The fourth-order valence-electron chi connectivity index (χ4n) is 1.87. The van der Waals surface area contributed by atoms with Crippen molar-refractivity contribution >= 4 is 0 Å². The van der Waals surface area contributed by atoms with Crippen LogP contribution in [0, 0.1) is 0 Å². The minimum absolute atomic E-state index is 0.0745. The maximum atomic E-state index is 9.95. The molecule has 0 aromatic carbocycles. The molecule has 0 bridgehead atoms. The number of oxazole rings is 2. The van der Waals surface area contributed by atoms with Gasteiger partial charge < -0.3 is 34.4 Å². The van der Waals surface area contributed by atoms with Gasteiger partial charge in [0.2, 0.25) is 5.89 Å². The smallest absolute Gasteiger partial charge is 0.231 e. The molecule has 22 heavy (non-hydrogen) atoms.